The molecule has 9 nitrogen and oxygen atoms in total. The lowest BCUT2D eigenvalue weighted by Crippen LogP contribution is -2.37. The summed E-state index contributed by atoms with van der Waals surface area (Å²) in [5, 5.41) is 4.38. The van der Waals surface area contributed by atoms with Crippen molar-refractivity contribution in [1.29, 1.82) is 0 Å². The Morgan fingerprint density at radius 1 is 1.26 bits per heavy atom. The molecule has 4 rings (SSSR count). The lowest BCUT2D eigenvalue weighted by molar-refractivity contribution is 0.0710. The van der Waals surface area contributed by atoms with Gasteiger partial charge in [-0.3, -0.25) is 4.79 Å². The van der Waals surface area contributed by atoms with E-state index in [2.05, 4.69) is 15.1 Å². The number of rotatable bonds is 6. The van der Waals surface area contributed by atoms with E-state index in [9.17, 15) is 4.79 Å². The number of methoxy groups -OCH3 is 2. The number of aromatic nitrogens is 4. The van der Waals surface area contributed by atoms with Crippen LogP contribution in [0, 0.1) is 6.92 Å². The molecule has 2 aromatic heterocycles. The van der Waals surface area contributed by atoms with Crippen LogP contribution >= 0.6 is 0 Å². The number of nitrogens with zero attached hydrogens (tertiary/aromatic N) is 5. The van der Waals surface area contributed by atoms with E-state index in [1.54, 1.807) is 49.3 Å². The number of hydrogen-bond donors (Lipinski definition) is 0. The smallest absolute Gasteiger partial charge is 0.257 e. The first-order valence-electron chi connectivity index (χ1n) is 9.98. The molecule has 0 bridgehead atoms. The molecule has 1 fully saturated rings. The fourth-order valence-corrected chi connectivity index (χ4v) is 3.62. The van der Waals surface area contributed by atoms with Gasteiger partial charge in [-0.15, -0.1) is 0 Å². The van der Waals surface area contributed by atoms with Gasteiger partial charge in [0.2, 0.25) is 0 Å². The Hall–Kier alpha value is -3.46. The van der Waals surface area contributed by atoms with Crippen molar-refractivity contribution in [2.24, 2.45) is 0 Å². The topological polar surface area (TPSA) is 91.6 Å². The van der Waals surface area contributed by atoms with Gasteiger partial charge in [-0.2, -0.15) is 5.10 Å². The summed E-state index contributed by atoms with van der Waals surface area (Å²) in [7, 11) is 5.01. The summed E-state index contributed by atoms with van der Waals surface area (Å²) in [5.41, 5.74) is 2.62. The maximum absolute atomic E-state index is 13.0. The first kappa shape index (κ1) is 20.8. The summed E-state index contributed by atoms with van der Waals surface area (Å²) in [5.74, 6) is 1.63. The van der Waals surface area contributed by atoms with E-state index >= 15 is 0 Å². The van der Waals surface area contributed by atoms with Crippen LogP contribution in [0.1, 0.15) is 22.5 Å². The average molecular weight is 423 g/mol. The van der Waals surface area contributed by atoms with E-state index < -0.39 is 0 Å². The second-order valence-corrected chi connectivity index (χ2v) is 7.30. The average Bonchev–Trinajstić information content (AvgIpc) is 3.48. The molecular weight excluding hydrogens is 398 g/mol. The molecule has 1 aromatic carbocycles. The van der Waals surface area contributed by atoms with Crippen molar-refractivity contribution in [1.82, 2.24) is 24.6 Å². The molecule has 1 amide bonds. The summed E-state index contributed by atoms with van der Waals surface area (Å²) in [4.78, 5) is 23.7. The molecule has 0 saturated carbocycles. The number of amides is 1. The molecular formula is C22H25N5O4. The number of benzene rings is 1. The highest BCUT2D eigenvalue weighted by Crippen LogP contribution is 2.32. The fraction of sp³-hybridized carbons (Fsp3) is 0.364. The Morgan fingerprint density at radius 3 is 2.81 bits per heavy atom. The van der Waals surface area contributed by atoms with E-state index in [4.69, 9.17) is 14.2 Å². The molecule has 1 unspecified atom stereocenters. The second kappa shape index (κ2) is 8.73. The van der Waals surface area contributed by atoms with Gasteiger partial charge in [0.05, 0.1) is 50.0 Å². The van der Waals surface area contributed by atoms with Gasteiger partial charge in [0, 0.05) is 25.4 Å². The highest BCUT2D eigenvalue weighted by molar-refractivity contribution is 5.95. The first-order valence-corrected chi connectivity index (χ1v) is 9.98. The van der Waals surface area contributed by atoms with Gasteiger partial charge in [0.15, 0.2) is 0 Å². The molecule has 0 N–H and O–H groups in total. The number of carbonyl (C=O) groups is 1. The van der Waals surface area contributed by atoms with Crippen LogP contribution in [0.15, 0.2) is 36.7 Å². The standard InChI is InChI=1S/C22H25N5O4/c1-14-18(21(28)26(2)15-8-10-31-13-15)12-24-27(14)22-23-9-7-19(25-22)17-11-16(29-3)5-6-20(17)30-4/h5-7,9,11-12,15H,8,10,13H2,1-4H3. The van der Waals surface area contributed by atoms with Gasteiger partial charge in [-0.25, -0.2) is 14.6 Å². The SMILES string of the molecule is COc1ccc(OC)c(-c2ccnc(-n3ncc(C(=O)N(C)C4CCOC4)c3C)n2)c1. The van der Waals surface area contributed by atoms with E-state index in [1.165, 1.54) is 0 Å². The normalized spacial score (nSPS) is 15.7. The number of ether oxygens (including phenoxy) is 3. The third kappa shape index (κ3) is 3.96. The van der Waals surface area contributed by atoms with Crippen molar-refractivity contribution < 1.29 is 19.0 Å². The molecule has 0 aliphatic carbocycles. The van der Waals surface area contributed by atoms with Gasteiger partial charge >= 0.3 is 0 Å². The Balaban J connectivity index is 1.67. The summed E-state index contributed by atoms with van der Waals surface area (Å²) in [6, 6.07) is 7.38. The molecule has 9 heteroatoms. The van der Waals surface area contributed by atoms with Crippen molar-refractivity contribution in [3.05, 3.63) is 47.9 Å². The van der Waals surface area contributed by atoms with Crippen molar-refractivity contribution in [3.63, 3.8) is 0 Å². The number of hydrogen-bond acceptors (Lipinski definition) is 7. The van der Waals surface area contributed by atoms with E-state index in [1.807, 2.05) is 25.1 Å². The molecule has 3 heterocycles. The highest BCUT2D eigenvalue weighted by Gasteiger charge is 2.27. The Kier molecular flexibility index (Phi) is 5.85. The predicted molar refractivity (Wildman–Crippen MR) is 114 cm³/mol. The lowest BCUT2D eigenvalue weighted by atomic mass is 10.1. The van der Waals surface area contributed by atoms with Crippen LogP contribution in [-0.2, 0) is 4.74 Å². The van der Waals surface area contributed by atoms with Gasteiger partial charge in [0.25, 0.3) is 11.9 Å². The molecule has 0 spiro atoms. The zero-order valence-electron chi connectivity index (χ0n) is 18.0. The largest absolute Gasteiger partial charge is 0.497 e. The van der Waals surface area contributed by atoms with E-state index in [0.29, 0.717) is 47.6 Å². The maximum Gasteiger partial charge on any atom is 0.257 e. The molecule has 1 aliphatic heterocycles. The van der Waals surface area contributed by atoms with Gasteiger partial charge < -0.3 is 19.1 Å². The fourth-order valence-electron chi connectivity index (χ4n) is 3.62. The van der Waals surface area contributed by atoms with Crippen LogP contribution < -0.4 is 9.47 Å². The minimum atomic E-state index is -0.0927. The molecule has 0 radical (unpaired) electrons. The minimum Gasteiger partial charge on any atom is -0.497 e. The van der Waals surface area contributed by atoms with Crippen molar-refractivity contribution in [2.75, 3.05) is 34.5 Å². The third-order valence-corrected chi connectivity index (χ3v) is 5.53. The van der Waals surface area contributed by atoms with Crippen LogP contribution in [0.3, 0.4) is 0 Å². The molecule has 1 aliphatic rings. The van der Waals surface area contributed by atoms with Crippen molar-refractivity contribution in [3.8, 4) is 28.7 Å². The zero-order chi connectivity index (χ0) is 22.0. The van der Waals surface area contributed by atoms with Crippen LogP contribution in [0.25, 0.3) is 17.2 Å². The molecule has 3 aromatic rings. The van der Waals surface area contributed by atoms with Crippen LogP contribution in [0.4, 0.5) is 0 Å². The number of carbonyl (C=O) groups excluding carboxylic acids is 1. The quantitative estimate of drug-likeness (QED) is 0.602. The summed E-state index contributed by atoms with van der Waals surface area (Å²) in [6.07, 6.45) is 4.05. The highest BCUT2D eigenvalue weighted by atomic mass is 16.5. The predicted octanol–water partition coefficient (Wildman–Crippen LogP) is 2.52. The molecule has 1 atom stereocenters. The lowest BCUT2D eigenvalue weighted by Gasteiger charge is -2.22. The molecule has 162 valence electrons. The number of likely N-dealkylation sites (N-methyl/N-ethyl adjacent to an activating group) is 1. The first-order chi connectivity index (χ1) is 15.0. The maximum atomic E-state index is 13.0. The summed E-state index contributed by atoms with van der Waals surface area (Å²) >= 11 is 0. The zero-order valence-corrected chi connectivity index (χ0v) is 18.0. The molecule has 31 heavy (non-hydrogen) atoms. The summed E-state index contributed by atoms with van der Waals surface area (Å²) in [6.45, 7) is 3.07. The van der Waals surface area contributed by atoms with Crippen molar-refractivity contribution >= 4 is 5.91 Å². The third-order valence-electron chi connectivity index (χ3n) is 5.53. The van der Waals surface area contributed by atoms with Crippen LogP contribution in [-0.4, -0.2) is 71.1 Å². The van der Waals surface area contributed by atoms with Crippen LogP contribution in [0.2, 0.25) is 0 Å². The Bertz CT molecular complexity index is 1090. The van der Waals surface area contributed by atoms with Gasteiger partial charge in [-0.05, 0) is 37.6 Å². The monoisotopic (exact) mass is 423 g/mol. The Labute approximate surface area is 180 Å². The molecule has 1 saturated heterocycles. The van der Waals surface area contributed by atoms with Crippen LogP contribution in [0.5, 0.6) is 11.5 Å². The second-order valence-electron chi connectivity index (χ2n) is 7.30. The Morgan fingerprint density at radius 2 is 2.10 bits per heavy atom. The minimum absolute atomic E-state index is 0.0790. The van der Waals surface area contributed by atoms with Gasteiger partial charge in [-0.1, -0.05) is 0 Å². The summed E-state index contributed by atoms with van der Waals surface area (Å²) < 4.78 is 17.8. The van der Waals surface area contributed by atoms with E-state index in [0.717, 1.165) is 12.0 Å². The van der Waals surface area contributed by atoms with Crippen molar-refractivity contribution in [2.45, 2.75) is 19.4 Å². The van der Waals surface area contributed by atoms with Gasteiger partial charge in [0.1, 0.15) is 11.5 Å². The van der Waals surface area contributed by atoms with E-state index in [-0.39, 0.29) is 11.9 Å².